The second-order valence-corrected chi connectivity index (χ2v) is 5.17. The summed E-state index contributed by atoms with van der Waals surface area (Å²) in [4.78, 5) is 26.2. The maximum absolute atomic E-state index is 11.9. The highest BCUT2D eigenvalue weighted by Gasteiger charge is 2.09. The molecule has 0 aliphatic heterocycles. The number of likely N-dealkylation sites (N-methyl/N-ethyl adjacent to an activating group) is 2. The summed E-state index contributed by atoms with van der Waals surface area (Å²) >= 11 is 0. The average molecular weight is 294 g/mol. The number of rotatable bonds is 8. The predicted octanol–water partition coefficient (Wildman–Crippen LogP) is 0.818. The standard InChI is InChI=1S/C14H22N4O3/c1-16(2)10-11-17(3)9-8-15-14(19)12-4-6-13(7-5-12)18(20)21/h4-7H,8-11H2,1-3H3,(H,15,19). The van der Waals surface area contributed by atoms with E-state index in [9.17, 15) is 14.9 Å². The van der Waals surface area contributed by atoms with Crippen LogP contribution >= 0.6 is 0 Å². The van der Waals surface area contributed by atoms with Crippen molar-refractivity contribution in [1.82, 2.24) is 15.1 Å². The fourth-order valence-corrected chi connectivity index (χ4v) is 1.68. The number of nitrogens with one attached hydrogen (secondary N) is 1. The van der Waals surface area contributed by atoms with Crippen LogP contribution in [0.4, 0.5) is 5.69 Å². The first-order valence-corrected chi connectivity index (χ1v) is 6.76. The van der Waals surface area contributed by atoms with E-state index < -0.39 is 4.92 Å². The molecule has 0 saturated carbocycles. The van der Waals surface area contributed by atoms with Gasteiger partial charge in [-0.2, -0.15) is 0 Å². The summed E-state index contributed by atoms with van der Waals surface area (Å²) in [5, 5.41) is 13.3. The zero-order valence-corrected chi connectivity index (χ0v) is 12.7. The molecule has 0 unspecified atom stereocenters. The summed E-state index contributed by atoms with van der Waals surface area (Å²) < 4.78 is 0. The van der Waals surface area contributed by atoms with E-state index in [1.165, 1.54) is 24.3 Å². The molecule has 0 bridgehead atoms. The molecule has 0 fully saturated rings. The summed E-state index contributed by atoms with van der Waals surface area (Å²) in [6.07, 6.45) is 0. The van der Waals surface area contributed by atoms with Gasteiger partial charge in [0, 0.05) is 43.9 Å². The van der Waals surface area contributed by atoms with Crippen LogP contribution in [0.15, 0.2) is 24.3 Å². The van der Waals surface area contributed by atoms with Gasteiger partial charge in [0.25, 0.3) is 11.6 Å². The molecule has 1 rings (SSSR count). The normalized spacial score (nSPS) is 10.9. The molecular formula is C14H22N4O3. The van der Waals surface area contributed by atoms with Crippen LogP contribution in [-0.4, -0.2) is 68.0 Å². The number of nitro groups is 1. The number of hydrogen-bond donors (Lipinski definition) is 1. The second-order valence-electron chi connectivity index (χ2n) is 5.17. The molecule has 0 aliphatic rings. The van der Waals surface area contributed by atoms with Gasteiger partial charge >= 0.3 is 0 Å². The molecule has 0 radical (unpaired) electrons. The number of hydrogen-bond acceptors (Lipinski definition) is 5. The lowest BCUT2D eigenvalue weighted by molar-refractivity contribution is -0.384. The van der Waals surface area contributed by atoms with Gasteiger partial charge in [0.15, 0.2) is 0 Å². The van der Waals surface area contributed by atoms with Crippen molar-refractivity contribution in [3.05, 3.63) is 39.9 Å². The maximum atomic E-state index is 11.9. The minimum absolute atomic E-state index is 0.0185. The molecule has 116 valence electrons. The predicted molar refractivity (Wildman–Crippen MR) is 81.5 cm³/mol. The van der Waals surface area contributed by atoms with Gasteiger partial charge in [-0.25, -0.2) is 0 Å². The van der Waals surface area contributed by atoms with Gasteiger partial charge in [-0.05, 0) is 33.3 Å². The Morgan fingerprint density at radius 1 is 1.14 bits per heavy atom. The summed E-state index contributed by atoms with van der Waals surface area (Å²) in [7, 11) is 6.04. The zero-order valence-electron chi connectivity index (χ0n) is 12.7. The fraction of sp³-hybridized carbons (Fsp3) is 0.500. The zero-order chi connectivity index (χ0) is 15.8. The van der Waals surface area contributed by atoms with Crippen molar-refractivity contribution in [2.24, 2.45) is 0 Å². The molecule has 7 heteroatoms. The van der Waals surface area contributed by atoms with Gasteiger partial charge in [0.2, 0.25) is 0 Å². The van der Waals surface area contributed by atoms with Crippen LogP contribution in [0, 0.1) is 10.1 Å². The molecule has 1 amide bonds. The van der Waals surface area contributed by atoms with E-state index in [1.54, 1.807) is 0 Å². The Bertz CT molecular complexity index is 474. The van der Waals surface area contributed by atoms with E-state index in [0.717, 1.165) is 19.6 Å². The van der Waals surface area contributed by atoms with E-state index in [4.69, 9.17) is 0 Å². The summed E-state index contributed by atoms with van der Waals surface area (Å²) in [5.74, 6) is -0.217. The van der Waals surface area contributed by atoms with Gasteiger partial charge in [-0.15, -0.1) is 0 Å². The van der Waals surface area contributed by atoms with E-state index in [2.05, 4.69) is 15.1 Å². The van der Waals surface area contributed by atoms with Crippen LogP contribution in [0.25, 0.3) is 0 Å². The molecule has 1 aromatic carbocycles. The average Bonchev–Trinajstić information content (AvgIpc) is 2.45. The molecule has 0 aromatic heterocycles. The van der Waals surface area contributed by atoms with Crippen molar-refractivity contribution in [2.75, 3.05) is 47.3 Å². The minimum Gasteiger partial charge on any atom is -0.351 e. The third-order valence-corrected chi connectivity index (χ3v) is 3.05. The lowest BCUT2D eigenvalue weighted by Gasteiger charge is -2.19. The number of carbonyl (C=O) groups excluding carboxylic acids is 1. The Hall–Kier alpha value is -1.99. The molecule has 21 heavy (non-hydrogen) atoms. The molecule has 0 heterocycles. The van der Waals surface area contributed by atoms with Crippen molar-refractivity contribution in [2.45, 2.75) is 0 Å². The van der Waals surface area contributed by atoms with Crippen LogP contribution in [0.2, 0.25) is 0 Å². The first-order chi connectivity index (χ1) is 9.90. The highest BCUT2D eigenvalue weighted by atomic mass is 16.6. The number of non-ortho nitro benzene ring substituents is 1. The quantitative estimate of drug-likeness (QED) is 0.567. The summed E-state index contributed by atoms with van der Waals surface area (Å²) in [6.45, 7) is 3.19. The van der Waals surface area contributed by atoms with Crippen LogP contribution in [0.1, 0.15) is 10.4 Å². The van der Waals surface area contributed by atoms with E-state index >= 15 is 0 Å². The summed E-state index contributed by atoms with van der Waals surface area (Å²) in [6, 6.07) is 5.59. The number of nitro benzene ring substituents is 1. The van der Waals surface area contributed by atoms with Crippen LogP contribution in [0.5, 0.6) is 0 Å². The van der Waals surface area contributed by atoms with Crippen molar-refractivity contribution < 1.29 is 9.72 Å². The third kappa shape index (κ3) is 6.33. The third-order valence-electron chi connectivity index (χ3n) is 3.05. The van der Waals surface area contributed by atoms with Gasteiger partial charge < -0.3 is 15.1 Å². The van der Waals surface area contributed by atoms with Crippen LogP contribution in [0.3, 0.4) is 0 Å². The van der Waals surface area contributed by atoms with Crippen molar-refractivity contribution in [3.63, 3.8) is 0 Å². The van der Waals surface area contributed by atoms with Crippen LogP contribution < -0.4 is 5.32 Å². The Labute approximate surface area is 124 Å². The molecule has 1 N–H and O–H groups in total. The van der Waals surface area contributed by atoms with Gasteiger partial charge in [-0.1, -0.05) is 0 Å². The molecule has 0 atom stereocenters. The smallest absolute Gasteiger partial charge is 0.269 e. The maximum Gasteiger partial charge on any atom is 0.269 e. The molecule has 0 spiro atoms. The largest absolute Gasteiger partial charge is 0.351 e. The summed E-state index contributed by atoms with van der Waals surface area (Å²) in [5.41, 5.74) is 0.409. The van der Waals surface area contributed by atoms with E-state index in [-0.39, 0.29) is 11.6 Å². The number of nitrogens with zero attached hydrogens (tertiary/aromatic N) is 3. The first-order valence-electron chi connectivity index (χ1n) is 6.76. The molecule has 1 aromatic rings. The number of carbonyl (C=O) groups is 1. The van der Waals surface area contributed by atoms with E-state index in [0.29, 0.717) is 12.1 Å². The van der Waals surface area contributed by atoms with Gasteiger partial charge in [-0.3, -0.25) is 14.9 Å². The monoisotopic (exact) mass is 294 g/mol. The lowest BCUT2D eigenvalue weighted by atomic mass is 10.2. The fourth-order valence-electron chi connectivity index (χ4n) is 1.68. The first kappa shape index (κ1) is 17.1. The Morgan fingerprint density at radius 3 is 2.29 bits per heavy atom. The molecule has 7 nitrogen and oxygen atoms in total. The molecular weight excluding hydrogens is 272 g/mol. The lowest BCUT2D eigenvalue weighted by Crippen LogP contribution is -2.36. The van der Waals surface area contributed by atoms with Crippen molar-refractivity contribution >= 4 is 11.6 Å². The minimum atomic E-state index is -0.485. The van der Waals surface area contributed by atoms with Crippen LogP contribution in [-0.2, 0) is 0 Å². The Kier molecular flexibility index (Phi) is 6.77. The molecule has 0 aliphatic carbocycles. The molecule has 0 saturated heterocycles. The van der Waals surface area contributed by atoms with Gasteiger partial charge in [0.1, 0.15) is 0 Å². The highest BCUT2D eigenvalue weighted by Crippen LogP contribution is 2.11. The SMILES string of the molecule is CN(C)CCN(C)CCNC(=O)c1ccc([N+](=O)[O-])cc1. The Morgan fingerprint density at radius 2 is 1.76 bits per heavy atom. The highest BCUT2D eigenvalue weighted by molar-refractivity contribution is 5.94. The van der Waals surface area contributed by atoms with Crippen molar-refractivity contribution in [1.29, 1.82) is 0 Å². The van der Waals surface area contributed by atoms with Gasteiger partial charge in [0.05, 0.1) is 4.92 Å². The van der Waals surface area contributed by atoms with E-state index in [1.807, 2.05) is 21.1 Å². The second kappa shape index (κ2) is 8.33. The Balaban J connectivity index is 2.35. The topological polar surface area (TPSA) is 78.7 Å². The van der Waals surface area contributed by atoms with Crippen molar-refractivity contribution in [3.8, 4) is 0 Å². The number of amides is 1. The number of benzene rings is 1.